The second kappa shape index (κ2) is 7.32. The number of aromatic nitrogens is 2. The molecule has 1 heterocycles. The van der Waals surface area contributed by atoms with Crippen molar-refractivity contribution < 1.29 is 9.47 Å². The number of hydrogen-bond donors (Lipinski definition) is 1. The number of hydrogen-bond acceptors (Lipinski definition) is 5. The van der Waals surface area contributed by atoms with Crippen LogP contribution in [0.3, 0.4) is 0 Å². The van der Waals surface area contributed by atoms with E-state index >= 15 is 0 Å². The standard InChI is InChI=1S/C18H18N4O2/c1-23-17-7-3-15(4-8-17)21-19-11-14-12-20-22(13-14)16-5-9-18(24-2)10-6-16/h3-13,21H,1-2H3/b19-11+. The molecule has 1 N–H and O–H groups in total. The summed E-state index contributed by atoms with van der Waals surface area (Å²) < 4.78 is 12.1. The Morgan fingerprint density at radius 2 is 1.58 bits per heavy atom. The van der Waals surface area contributed by atoms with Gasteiger partial charge < -0.3 is 9.47 Å². The van der Waals surface area contributed by atoms with Gasteiger partial charge in [0.15, 0.2) is 0 Å². The highest BCUT2D eigenvalue weighted by molar-refractivity contribution is 5.79. The van der Waals surface area contributed by atoms with Crippen molar-refractivity contribution in [3.8, 4) is 17.2 Å². The van der Waals surface area contributed by atoms with Crippen LogP contribution in [0.25, 0.3) is 5.69 Å². The molecule has 24 heavy (non-hydrogen) atoms. The summed E-state index contributed by atoms with van der Waals surface area (Å²) in [6, 6.07) is 15.2. The van der Waals surface area contributed by atoms with Crippen molar-refractivity contribution in [2.45, 2.75) is 0 Å². The first-order chi connectivity index (χ1) is 11.8. The first kappa shape index (κ1) is 15.6. The third-order valence-corrected chi connectivity index (χ3v) is 3.44. The summed E-state index contributed by atoms with van der Waals surface area (Å²) in [7, 11) is 3.29. The van der Waals surface area contributed by atoms with Gasteiger partial charge in [-0.05, 0) is 48.5 Å². The molecule has 0 saturated heterocycles. The van der Waals surface area contributed by atoms with E-state index in [1.165, 1.54) is 0 Å². The largest absolute Gasteiger partial charge is 0.497 e. The Hall–Kier alpha value is -3.28. The quantitative estimate of drug-likeness (QED) is 0.558. The van der Waals surface area contributed by atoms with Crippen molar-refractivity contribution >= 4 is 11.9 Å². The molecule has 122 valence electrons. The van der Waals surface area contributed by atoms with Crippen molar-refractivity contribution in [2.24, 2.45) is 5.10 Å². The van der Waals surface area contributed by atoms with E-state index in [1.54, 1.807) is 31.3 Å². The molecule has 0 amide bonds. The van der Waals surface area contributed by atoms with Gasteiger partial charge in [-0.1, -0.05) is 0 Å². The van der Waals surface area contributed by atoms with Crippen LogP contribution in [-0.4, -0.2) is 30.2 Å². The van der Waals surface area contributed by atoms with Gasteiger partial charge in [0.25, 0.3) is 0 Å². The first-order valence-corrected chi connectivity index (χ1v) is 7.41. The van der Waals surface area contributed by atoms with Gasteiger partial charge in [-0.15, -0.1) is 0 Å². The SMILES string of the molecule is COc1ccc(N/N=C/c2cnn(-c3ccc(OC)cc3)c2)cc1. The van der Waals surface area contributed by atoms with Gasteiger partial charge in [0.2, 0.25) is 0 Å². The lowest BCUT2D eigenvalue weighted by atomic mass is 10.3. The van der Waals surface area contributed by atoms with Gasteiger partial charge in [-0.25, -0.2) is 4.68 Å². The zero-order valence-corrected chi connectivity index (χ0v) is 13.5. The van der Waals surface area contributed by atoms with Crippen LogP contribution < -0.4 is 14.9 Å². The van der Waals surface area contributed by atoms with Crippen LogP contribution >= 0.6 is 0 Å². The molecule has 0 bridgehead atoms. The molecule has 3 rings (SSSR count). The third kappa shape index (κ3) is 3.73. The van der Waals surface area contributed by atoms with Crippen LogP contribution in [0.4, 0.5) is 5.69 Å². The normalized spacial score (nSPS) is 10.8. The van der Waals surface area contributed by atoms with Crippen LogP contribution in [0.5, 0.6) is 11.5 Å². The Morgan fingerprint density at radius 1 is 0.958 bits per heavy atom. The predicted octanol–water partition coefficient (Wildman–Crippen LogP) is 3.34. The Labute approximate surface area is 140 Å². The summed E-state index contributed by atoms with van der Waals surface area (Å²) in [4.78, 5) is 0. The van der Waals surface area contributed by atoms with Crippen LogP contribution in [0, 0.1) is 0 Å². The first-order valence-electron chi connectivity index (χ1n) is 7.41. The zero-order chi connectivity index (χ0) is 16.8. The monoisotopic (exact) mass is 322 g/mol. The van der Waals surface area contributed by atoms with Crippen LogP contribution in [0.2, 0.25) is 0 Å². The molecule has 0 aliphatic rings. The fraction of sp³-hybridized carbons (Fsp3) is 0.111. The molecule has 2 aromatic carbocycles. The molecule has 0 aliphatic heterocycles. The molecule has 6 heteroatoms. The molecular formula is C18H18N4O2. The molecule has 0 atom stereocenters. The van der Waals surface area contributed by atoms with Gasteiger partial charge in [-0.3, -0.25) is 5.43 Å². The fourth-order valence-electron chi connectivity index (χ4n) is 2.13. The maximum atomic E-state index is 5.15. The fourth-order valence-corrected chi connectivity index (χ4v) is 2.13. The highest BCUT2D eigenvalue weighted by Crippen LogP contribution is 2.16. The Bertz CT molecular complexity index is 808. The highest BCUT2D eigenvalue weighted by Gasteiger charge is 2.00. The van der Waals surface area contributed by atoms with Gasteiger partial charge in [0.05, 0.1) is 38.0 Å². The van der Waals surface area contributed by atoms with E-state index < -0.39 is 0 Å². The van der Waals surface area contributed by atoms with E-state index in [2.05, 4.69) is 15.6 Å². The van der Waals surface area contributed by atoms with Crippen LogP contribution in [0.15, 0.2) is 66.0 Å². The second-order valence-electron chi connectivity index (χ2n) is 5.01. The molecule has 0 unspecified atom stereocenters. The molecule has 6 nitrogen and oxygen atoms in total. The molecule has 1 aromatic heterocycles. The number of ether oxygens (including phenoxy) is 2. The van der Waals surface area contributed by atoms with E-state index in [1.807, 2.05) is 54.7 Å². The van der Waals surface area contributed by atoms with E-state index in [0.29, 0.717) is 0 Å². The molecule has 0 aliphatic carbocycles. The van der Waals surface area contributed by atoms with Crippen molar-refractivity contribution in [3.05, 3.63) is 66.5 Å². The van der Waals surface area contributed by atoms with Crippen LogP contribution in [-0.2, 0) is 0 Å². The zero-order valence-electron chi connectivity index (χ0n) is 13.5. The molecular weight excluding hydrogens is 304 g/mol. The lowest BCUT2D eigenvalue weighted by Gasteiger charge is -2.02. The smallest absolute Gasteiger partial charge is 0.119 e. The summed E-state index contributed by atoms with van der Waals surface area (Å²) in [6.45, 7) is 0. The summed E-state index contributed by atoms with van der Waals surface area (Å²) in [5, 5.41) is 8.54. The summed E-state index contributed by atoms with van der Waals surface area (Å²) in [5.74, 6) is 1.63. The van der Waals surface area contributed by atoms with E-state index in [0.717, 1.165) is 28.4 Å². The van der Waals surface area contributed by atoms with Crippen molar-refractivity contribution in [2.75, 3.05) is 19.6 Å². The van der Waals surface area contributed by atoms with Crippen molar-refractivity contribution in [1.29, 1.82) is 0 Å². The van der Waals surface area contributed by atoms with E-state index in [9.17, 15) is 0 Å². The Morgan fingerprint density at radius 3 is 2.21 bits per heavy atom. The Balaban J connectivity index is 1.64. The maximum Gasteiger partial charge on any atom is 0.119 e. The Kier molecular flexibility index (Phi) is 4.76. The third-order valence-electron chi connectivity index (χ3n) is 3.44. The van der Waals surface area contributed by atoms with E-state index in [4.69, 9.17) is 9.47 Å². The molecule has 0 saturated carbocycles. The minimum Gasteiger partial charge on any atom is -0.497 e. The minimum atomic E-state index is 0.810. The van der Waals surface area contributed by atoms with E-state index in [-0.39, 0.29) is 0 Å². The number of methoxy groups -OCH3 is 2. The minimum absolute atomic E-state index is 0.810. The predicted molar refractivity (Wildman–Crippen MR) is 94.3 cm³/mol. The summed E-state index contributed by atoms with van der Waals surface area (Å²) in [6.07, 6.45) is 5.38. The van der Waals surface area contributed by atoms with Crippen LogP contribution in [0.1, 0.15) is 5.56 Å². The topological polar surface area (TPSA) is 60.7 Å². The highest BCUT2D eigenvalue weighted by atomic mass is 16.5. The second-order valence-corrected chi connectivity index (χ2v) is 5.01. The molecule has 0 spiro atoms. The number of nitrogens with one attached hydrogen (secondary N) is 1. The summed E-state index contributed by atoms with van der Waals surface area (Å²) in [5.41, 5.74) is 5.70. The maximum absolute atomic E-state index is 5.15. The van der Waals surface area contributed by atoms with Crippen molar-refractivity contribution in [1.82, 2.24) is 9.78 Å². The summed E-state index contributed by atoms with van der Waals surface area (Å²) >= 11 is 0. The van der Waals surface area contributed by atoms with Gasteiger partial charge >= 0.3 is 0 Å². The number of rotatable bonds is 6. The van der Waals surface area contributed by atoms with Gasteiger partial charge in [-0.2, -0.15) is 10.2 Å². The van der Waals surface area contributed by atoms with Gasteiger partial charge in [0.1, 0.15) is 11.5 Å². The average Bonchev–Trinajstić information content (AvgIpc) is 3.11. The molecule has 0 radical (unpaired) electrons. The molecule has 3 aromatic rings. The van der Waals surface area contributed by atoms with Gasteiger partial charge in [0, 0.05) is 11.8 Å². The van der Waals surface area contributed by atoms with Crippen molar-refractivity contribution in [3.63, 3.8) is 0 Å². The number of nitrogens with zero attached hydrogens (tertiary/aromatic N) is 3. The number of hydrazone groups is 1. The molecule has 0 fully saturated rings. The lowest BCUT2D eigenvalue weighted by molar-refractivity contribution is 0.414. The number of benzene rings is 2. The average molecular weight is 322 g/mol. The lowest BCUT2D eigenvalue weighted by Crippen LogP contribution is -1.94. The number of anilines is 1.